The van der Waals surface area contributed by atoms with Crippen molar-refractivity contribution in [2.75, 3.05) is 0 Å². The molecule has 0 saturated heterocycles. The molecule has 0 radical (unpaired) electrons. The highest BCUT2D eigenvalue weighted by Crippen LogP contribution is 2.24. The quantitative estimate of drug-likeness (QED) is 0.855. The average molecular weight is 244 g/mol. The van der Waals surface area contributed by atoms with Crippen LogP contribution in [0.5, 0.6) is 0 Å². The third-order valence-electron chi connectivity index (χ3n) is 2.81. The number of carboxylic acid groups (broad SMARTS) is 1. The van der Waals surface area contributed by atoms with Gasteiger partial charge in [-0.2, -0.15) is 0 Å². The molecule has 0 aliphatic rings. The van der Waals surface area contributed by atoms with Crippen LogP contribution in [0.2, 0.25) is 0 Å². The molecule has 0 aliphatic carbocycles. The van der Waals surface area contributed by atoms with E-state index in [9.17, 15) is 4.79 Å². The van der Waals surface area contributed by atoms with Crippen molar-refractivity contribution in [2.24, 2.45) is 11.7 Å². The van der Waals surface area contributed by atoms with Crippen LogP contribution in [0.15, 0.2) is 24.3 Å². The Kier molecular flexibility index (Phi) is 6.08. The van der Waals surface area contributed by atoms with Crippen LogP contribution in [0.3, 0.4) is 0 Å². The third-order valence-corrected chi connectivity index (χ3v) is 2.81. The van der Waals surface area contributed by atoms with E-state index < -0.39 is 5.97 Å². The molecule has 90 valence electrons. The van der Waals surface area contributed by atoms with Crippen molar-refractivity contribution in [1.82, 2.24) is 0 Å². The van der Waals surface area contributed by atoms with Gasteiger partial charge in [0, 0.05) is 6.04 Å². The number of nitrogens with two attached hydrogens (primary N) is 1. The smallest absolute Gasteiger partial charge is 0.336 e. The summed E-state index contributed by atoms with van der Waals surface area (Å²) in [5.74, 6) is -0.630. The van der Waals surface area contributed by atoms with Crippen LogP contribution in [0.4, 0.5) is 0 Å². The topological polar surface area (TPSA) is 63.3 Å². The number of carbonyl (C=O) groups is 1. The summed E-state index contributed by atoms with van der Waals surface area (Å²) >= 11 is 0. The van der Waals surface area contributed by atoms with E-state index in [1.54, 1.807) is 18.2 Å². The van der Waals surface area contributed by atoms with Gasteiger partial charge in [0.15, 0.2) is 0 Å². The Labute approximate surface area is 102 Å². The first kappa shape index (κ1) is 14.9. The Hall–Kier alpha value is -1.06. The highest BCUT2D eigenvalue weighted by molar-refractivity contribution is 5.89. The lowest BCUT2D eigenvalue weighted by atomic mass is 9.90. The summed E-state index contributed by atoms with van der Waals surface area (Å²) in [7, 11) is 0. The molecule has 4 heteroatoms. The van der Waals surface area contributed by atoms with Crippen LogP contribution in [0.1, 0.15) is 42.2 Å². The van der Waals surface area contributed by atoms with E-state index in [4.69, 9.17) is 10.8 Å². The molecule has 1 aromatic carbocycles. The van der Waals surface area contributed by atoms with Gasteiger partial charge in [0.05, 0.1) is 5.56 Å². The predicted molar refractivity (Wildman–Crippen MR) is 67.0 cm³/mol. The maximum atomic E-state index is 11.0. The summed E-state index contributed by atoms with van der Waals surface area (Å²) < 4.78 is 0. The molecule has 3 N–H and O–H groups in total. The molecule has 3 nitrogen and oxygen atoms in total. The second kappa shape index (κ2) is 6.51. The number of rotatable bonds is 4. The van der Waals surface area contributed by atoms with Gasteiger partial charge in [0.2, 0.25) is 0 Å². The van der Waals surface area contributed by atoms with Gasteiger partial charge in [-0.05, 0) is 17.5 Å². The fourth-order valence-corrected chi connectivity index (χ4v) is 1.54. The molecule has 0 amide bonds. The Morgan fingerprint density at radius 3 is 2.50 bits per heavy atom. The van der Waals surface area contributed by atoms with E-state index >= 15 is 0 Å². The van der Waals surface area contributed by atoms with Crippen LogP contribution in [0, 0.1) is 5.92 Å². The molecule has 0 heterocycles. The van der Waals surface area contributed by atoms with Gasteiger partial charge in [-0.25, -0.2) is 4.79 Å². The van der Waals surface area contributed by atoms with Crippen molar-refractivity contribution in [3.05, 3.63) is 35.4 Å². The Morgan fingerprint density at radius 2 is 2.00 bits per heavy atom. The minimum Gasteiger partial charge on any atom is -0.478 e. The van der Waals surface area contributed by atoms with Crippen LogP contribution in [0.25, 0.3) is 0 Å². The highest BCUT2D eigenvalue weighted by atomic mass is 35.5. The van der Waals surface area contributed by atoms with E-state index in [1.165, 1.54) is 0 Å². The van der Waals surface area contributed by atoms with Crippen molar-refractivity contribution < 1.29 is 9.90 Å². The summed E-state index contributed by atoms with van der Waals surface area (Å²) in [6.45, 7) is 4.08. The first-order chi connectivity index (χ1) is 7.07. The fourth-order valence-electron chi connectivity index (χ4n) is 1.54. The fraction of sp³-hybridized carbons (Fsp3) is 0.417. The lowest BCUT2D eigenvalue weighted by Gasteiger charge is -2.20. The molecule has 1 aromatic rings. The molecule has 0 fully saturated rings. The first-order valence-corrected chi connectivity index (χ1v) is 5.15. The number of benzene rings is 1. The van der Waals surface area contributed by atoms with Gasteiger partial charge < -0.3 is 10.8 Å². The second-order valence-corrected chi connectivity index (χ2v) is 3.80. The van der Waals surface area contributed by atoms with Gasteiger partial charge in [-0.15, -0.1) is 12.4 Å². The zero-order valence-electron chi connectivity index (χ0n) is 9.51. The van der Waals surface area contributed by atoms with Crippen molar-refractivity contribution in [3.8, 4) is 0 Å². The van der Waals surface area contributed by atoms with Crippen LogP contribution in [-0.4, -0.2) is 11.1 Å². The molecule has 0 saturated carbocycles. The molecular weight excluding hydrogens is 226 g/mol. The van der Waals surface area contributed by atoms with Crippen LogP contribution >= 0.6 is 12.4 Å². The van der Waals surface area contributed by atoms with E-state index in [-0.39, 0.29) is 24.4 Å². The zero-order chi connectivity index (χ0) is 11.4. The first-order valence-electron chi connectivity index (χ1n) is 5.15. The minimum atomic E-state index is -0.913. The molecule has 0 bridgehead atoms. The Bertz CT molecular complexity index is 355. The van der Waals surface area contributed by atoms with Crippen LogP contribution in [-0.2, 0) is 0 Å². The molecule has 1 unspecified atom stereocenters. The normalized spacial score (nSPS) is 13.7. The number of aromatic carboxylic acids is 1. The van der Waals surface area contributed by atoms with E-state index in [2.05, 4.69) is 0 Å². The lowest BCUT2D eigenvalue weighted by Crippen LogP contribution is -2.21. The number of hydrogen-bond donors (Lipinski definition) is 2. The van der Waals surface area contributed by atoms with Crippen molar-refractivity contribution in [1.29, 1.82) is 0 Å². The summed E-state index contributed by atoms with van der Waals surface area (Å²) in [5.41, 5.74) is 7.06. The van der Waals surface area contributed by atoms with Crippen molar-refractivity contribution >= 4 is 18.4 Å². The summed E-state index contributed by atoms with van der Waals surface area (Å²) in [6.07, 6.45) is 0.940. The predicted octanol–water partition coefficient (Wildman–Crippen LogP) is 2.85. The van der Waals surface area contributed by atoms with Gasteiger partial charge in [-0.3, -0.25) is 0 Å². The maximum absolute atomic E-state index is 11.0. The summed E-state index contributed by atoms with van der Waals surface area (Å²) in [6, 6.07) is 6.72. The third kappa shape index (κ3) is 3.22. The van der Waals surface area contributed by atoms with E-state index in [1.807, 2.05) is 19.9 Å². The largest absolute Gasteiger partial charge is 0.478 e. The van der Waals surface area contributed by atoms with Crippen molar-refractivity contribution in [2.45, 2.75) is 26.3 Å². The van der Waals surface area contributed by atoms with Gasteiger partial charge in [0.25, 0.3) is 0 Å². The summed E-state index contributed by atoms with van der Waals surface area (Å²) in [5, 5.41) is 9.01. The number of hydrogen-bond acceptors (Lipinski definition) is 2. The van der Waals surface area contributed by atoms with Gasteiger partial charge in [0.1, 0.15) is 0 Å². The Morgan fingerprint density at radius 1 is 1.44 bits per heavy atom. The van der Waals surface area contributed by atoms with E-state index in [0.717, 1.165) is 12.0 Å². The molecule has 1 rings (SSSR count). The molecule has 0 spiro atoms. The summed E-state index contributed by atoms with van der Waals surface area (Å²) in [4.78, 5) is 11.0. The monoisotopic (exact) mass is 243 g/mol. The van der Waals surface area contributed by atoms with Gasteiger partial charge >= 0.3 is 5.97 Å². The SMILES string of the molecule is CCC(C)[C@H](N)c1ccccc1C(=O)O.Cl. The van der Waals surface area contributed by atoms with Crippen molar-refractivity contribution in [3.63, 3.8) is 0 Å². The number of halogens is 1. The molecular formula is C12H18ClNO2. The molecule has 0 aliphatic heterocycles. The number of carboxylic acids is 1. The van der Waals surface area contributed by atoms with Crippen LogP contribution < -0.4 is 5.73 Å². The zero-order valence-corrected chi connectivity index (χ0v) is 10.3. The Balaban J connectivity index is 0.00000225. The average Bonchev–Trinajstić information content (AvgIpc) is 2.27. The molecule has 16 heavy (non-hydrogen) atoms. The maximum Gasteiger partial charge on any atom is 0.336 e. The minimum absolute atomic E-state index is 0. The highest BCUT2D eigenvalue weighted by Gasteiger charge is 2.18. The second-order valence-electron chi connectivity index (χ2n) is 3.80. The molecule has 0 aromatic heterocycles. The lowest BCUT2D eigenvalue weighted by molar-refractivity contribution is 0.0694. The standard InChI is InChI=1S/C12H17NO2.ClH/c1-3-8(2)11(13)9-6-4-5-7-10(9)12(14)15;/h4-8,11H,3,13H2,1-2H3,(H,14,15);1H/t8?,11-;/m0./s1. The van der Waals surface area contributed by atoms with E-state index in [0.29, 0.717) is 5.56 Å². The van der Waals surface area contributed by atoms with Gasteiger partial charge in [-0.1, -0.05) is 38.5 Å². The molecule has 2 atom stereocenters.